The van der Waals surface area contributed by atoms with Gasteiger partial charge >= 0.3 is 6.18 Å². The van der Waals surface area contributed by atoms with Crippen molar-refractivity contribution in [3.8, 4) is 0 Å². The second kappa shape index (κ2) is 6.30. The Morgan fingerprint density at radius 2 is 1.54 bits per heavy atom. The van der Waals surface area contributed by atoms with Crippen molar-refractivity contribution in [2.24, 2.45) is 0 Å². The predicted molar refractivity (Wildman–Crippen MR) is 89.6 cm³/mol. The van der Waals surface area contributed by atoms with Gasteiger partial charge in [0, 0.05) is 17.3 Å². The molecule has 0 bridgehead atoms. The first kappa shape index (κ1) is 18.0. The molecule has 1 aromatic carbocycles. The van der Waals surface area contributed by atoms with Crippen molar-refractivity contribution in [1.29, 1.82) is 0 Å². The fourth-order valence-electron chi connectivity index (χ4n) is 2.19. The van der Waals surface area contributed by atoms with E-state index in [9.17, 15) is 13.2 Å². The molecule has 0 fully saturated rings. The number of hydrogen-bond donors (Lipinski definition) is 2. The number of aromatic nitrogens is 2. The average molecular weight is 338 g/mol. The number of nitrogens with zero attached hydrogens (tertiary/aromatic N) is 2. The molecule has 24 heavy (non-hydrogen) atoms. The Morgan fingerprint density at radius 3 is 2.04 bits per heavy atom. The molecule has 0 aliphatic heterocycles. The summed E-state index contributed by atoms with van der Waals surface area (Å²) in [6, 6.07) is 6.58. The molecule has 0 spiro atoms. The van der Waals surface area contributed by atoms with Crippen LogP contribution in [-0.4, -0.2) is 15.5 Å². The van der Waals surface area contributed by atoms with Gasteiger partial charge in [-0.2, -0.15) is 18.2 Å². The summed E-state index contributed by atoms with van der Waals surface area (Å²) in [5.41, 5.74) is 1.14. The largest absolute Gasteiger partial charge is 0.433 e. The lowest BCUT2D eigenvalue weighted by atomic mass is 10.1. The molecule has 2 N–H and O–H groups in total. The van der Waals surface area contributed by atoms with Crippen LogP contribution < -0.4 is 10.6 Å². The van der Waals surface area contributed by atoms with E-state index in [1.807, 2.05) is 52.8 Å². The van der Waals surface area contributed by atoms with Gasteiger partial charge in [-0.15, -0.1) is 0 Å². The summed E-state index contributed by atoms with van der Waals surface area (Å²) in [7, 11) is 0. The number of anilines is 3. The minimum Gasteiger partial charge on any atom is -0.350 e. The van der Waals surface area contributed by atoms with Crippen molar-refractivity contribution < 1.29 is 13.2 Å². The average Bonchev–Trinajstić information content (AvgIpc) is 2.40. The Hall–Kier alpha value is -2.31. The Balaban J connectivity index is 2.47. The monoisotopic (exact) mass is 338 g/mol. The second-order valence-corrected chi connectivity index (χ2v) is 6.73. The summed E-state index contributed by atoms with van der Waals surface area (Å²) in [5, 5.41) is 5.87. The van der Waals surface area contributed by atoms with Gasteiger partial charge in [0.15, 0.2) is 5.69 Å². The third-order valence-corrected chi connectivity index (χ3v) is 3.24. The van der Waals surface area contributed by atoms with Gasteiger partial charge in [0.2, 0.25) is 5.95 Å². The number of para-hydroxylation sites is 1. The number of hydrogen-bond acceptors (Lipinski definition) is 4. The highest BCUT2D eigenvalue weighted by atomic mass is 19.4. The van der Waals surface area contributed by atoms with Crippen LogP contribution >= 0.6 is 0 Å². The van der Waals surface area contributed by atoms with Crippen LogP contribution in [0.3, 0.4) is 0 Å². The zero-order chi connectivity index (χ0) is 18.1. The minimum atomic E-state index is -4.55. The lowest BCUT2D eigenvalue weighted by Crippen LogP contribution is -2.28. The van der Waals surface area contributed by atoms with E-state index in [2.05, 4.69) is 20.6 Å². The third-order valence-electron chi connectivity index (χ3n) is 3.24. The van der Waals surface area contributed by atoms with Crippen LogP contribution in [-0.2, 0) is 6.18 Å². The normalized spacial score (nSPS) is 12.2. The summed E-state index contributed by atoms with van der Waals surface area (Å²) in [6.45, 7) is 9.25. The van der Waals surface area contributed by atoms with E-state index in [0.29, 0.717) is 0 Å². The maximum atomic E-state index is 13.1. The number of nitrogens with one attached hydrogen (secondary N) is 2. The van der Waals surface area contributed by atoms with Crippen molar-refractivity contribution in [3.05, 3.63) is 41.1 Å². The molecule has 0 amide bonds. The first-order valence-electron chi connectivity index (χ1n) is 7.53. The van der Waals surface area contributed by atoms with Crippen molar-refractivity contribution in [3.63, 3.8) is 0 Å². The maximum absolute atomic E-state index is 13.1. The Labute approximate surface area is 139 Å². The van der Waals surface area contributed by atoms with E-state index >= 15 is 0 Å². The quantitative estimate of drug-likeness (QED) is 0.821. The molecule has 0 unspecified atom stereocenters. The second-order valence-electron chi connectivity index (χ2n) is 6.73. The molecule has 130 valence electrons. The zero-order valence-electron chi connectivity index (χ0n) is 14.3. The smallest absolute Gasteiger partial charge is 0.350 e. The van der Waals surface area contributed by atoms with E-state index in [-0.39, 0.29) is 11.8 Å². The highest BCUT2D eigenvalue weighted by Crippen LogP contribution is 2.31. The summed E-state index contributed by atoms with van der Waals surface area (Å²) < 4.78 is 39.4. The van der Waals surface area contributed by atoms with Crippen LogP contribution in [0.15, 0.2) is 24.3 Å². The molecule has 0 atom stereocenters. The van der Waals surface area contributed by atoms with E-state index in [1.165, 1.54) is 0 Å². The van der Waals surface area contributed by atoms with Gasteiger partial charge in [-0.25, -0.2) is 4.98 Å². The van der Waals surface area contributed by atoms with Crippen molar-refractivity contribution in [1.82, 2.24) is 9.97 Å². The Morgan fingerprint density at radius 1 is 0.958 bits per heavy atom. The van der Waals surface area contributed by atoms with Gasteiger partial charge in [0.1, 0.15) is 5.82 Å². The fourth-order valence-corrected chi connectivity index (χ4v) is 2.19. The summed E-state index contributed by atoms with van der Waals surface area (Å²) >= 11 is 0. The van der Waals surface area contributed by atoms with Gasteiger partial charge in [-0.05, 0) is 45.7 Å². The Bertz CT molecular complexity index is 713. The van der Waals surface area contributed by atoms with Crippen LogP contribution in [0.2, 0.25) is 0 Å². The van der Waals surface area contributed by atoms with Crippen LogP contribution in [0.4, 0.5) is 30.6 Å². The summed E-state index contributed by atoms with van der Waals surface area (Å²) in [5.74, 6) is 0.0348. The molecule has 2 rings (SSSR count). The molecule has 0 saturated heterocycles. The molecule has 0 radical (unpaired) electrons. The van der Waals surface area contributed by atoms with E-state index in [0.717, 1.165) is 22.9 Å². The van der Waals surface area contributed by atoms with Gasteiger partial charge in [-0.3, -0.25) is 0 Å². The lowest BCUT2D eigenvalue weighted by Gasteiger charge is -2.22. The molecule has 2 aromatic rings. The van der Waals surface area contributed by atoms with Crippen LogP contribution in [0.1, 0.15) is 37.6 Å². The number of aryl methyl sites for hydroxylation is 2. The minimum absolute atomic E-state index is 0.0638. The van der Waals surface area contributed by atoms with Crippen molar-refractivity contribution in [2.75, 3.05) is 10.6 Å². The third kappa shape index (κ3) is 4.59. The molecule has 7 heteroatoms. The molecule has 0 aliphatic carbocycles. The molecular formula is C17H21F3N4. The number of benzene rings is 1. The molecule has 0 saturated carbocycles. The van der Waals surface area contributed by atoms with E-state index in [4.69, 9.17) is 0 Å². The summed E-state index contributed by atoms with van der Waals surface area (Å²) in [6.07, 6.45) is -4.55. The number of alkyl halides is 3. The first-order chi connectivity index (χ1) is 11.0. The maximum Gasteiger partial charge on any atom is 0.433 e. The molecular weight excluding hydrogens is 317 g/mol. The van der Waals surface area contributed by atoms with Crippen LogP contribution in [0, 0.1) is 13.8 Å². The molecule has 1 aromatic heterocycles. The highest BCUT2D eigenvalue weighted by Gasteiger charge is 2.34. The van der Waals surface area contributed by atoms with E-state index in [1.54, 1.807) is 0 Å². The highest BCUT2D eigenvalue weighted by molar-refractivity contribution is 5.65. The summed E-state index contributed by atoms with van der Waals surface area (Å²) in [4.78, 5) is 7.77. The molecule has 4 nitrogen and oxygen atoms in total. The van der Waals surface area contributed by atoms with Gasteiger partial charge in [0.05, 0.1) is 0 Å². The SMILES string of the molecule is Cc1cccc(C)c1Nc1cc(C(F)(F)F)nc(NC(C)(C)C)n1. The first-order valence-corrected chi connectivity index (χ1v) is 7.53. The predicted octanol–water partition coefficient (Wildman–Crippen LogP) is 5.07. The Kier molecular flexibility index (Phi) is 4.73. The van der Waals surface area contributed by atoms with Crippen molar-refractivity contribution >= 4 is 17.5 Å². The van der Waals surface area contributed by atoms with Crippen molar-refractivity contribution in [2.45, 2.75) is 46.3 Å². The van der Waals surface area contributed by atoms with Gasteiger partial charge in [0.25, 0.3) is 0 Å². The fraction of sp³-hybridized carbons (Fsp3) is 0.412. The topological polar surface area (TPSA) is 49.8 Å². The lowest BCUT2D eigenvalue weighted by molar-refractivity contribution is -0.141. The number of rotatable bonds is 3. The molecule has 1 heterocycles. The van der Waals surface area contributed by atoms with E-state index < -0.39 is 17.4 Å². The van der Waals surface area contributed by atoms with Crippen LogP contribution in [0.5, 0.6) is 0 Å². The van der Waals surface area contributed by atoms with Crippen LogP contribution in [0.25, 0.3) is 0 Å². The number of halogens is 3. The van der Waals surface area contributed by atoms with Gasteiger partial charge < -0.3 is 10.6 Å². The zero-order valence-corrected chi connectivity index (χ0v) is 14.3. The molecule has 0 aliphatic rings. The standard InChI is InChI=1S/C17H21F3N4/c1-10-7-6-8-11(2)14(10)22-13-9-12(17(18,19)20)21-15(23-13)24-16(3,4)5/h6-9H,1-5H3,(H2,21,22,23,24). The van der Waals surface area contributed by atoms with Gasteiger partial charge in [-0.1, -0.05) is 18.2 Å².